The van der Waals surface area contributed by atoms with Crippen molar-refractivity contribution >= 4 is 23.7 Å². The van der Waals surface area contributed by atoms with Gasteiger partial charge < -0.3 is 15.2 Å². The fourth-order valence-electron chi connectivity index (χ4n) is 5.11. The molecule has 1 aliphatic heterocycles. The summed E-state index contributed by atoms with van der Waals surface area (Å²) in [7, 11) is 0. The lowest BCUT2D eigenvalue weighted by Crippen LogP contribution is -2.60. The molecule has 12 heteroatoms. The zero-order chi connectivity index (χ0) is 28.5. The fraction of sp³-hybridized carbons (Fsp3) is 0.593. The summed E-state index contributed by atoms with van der Waals surface area (Å²) in [5, 5.41) is 25.3. The van der Waals surface area contributed by atoms with E-state index in [1.165, 1.54) is 15.6 Å². The van der Waals surface area contributed by atoms with E-state index in [9.17, 15) is 24.3 Å². The summed E-state index contributed by atoms with van der Waals surface area (Å²) in [6.45, 7) is 6.50. The monoisotopic (exact) mass is 544 g/mol. The maximum atomic E-state index is 13.7. The number of rotatable bonds is 13. The van der Waals surface area contributed by atoms with E-state index in [1.54, 1.807) is 34.5 Å². The van der Waals surface area contributed by atoms with Crippen molar-refractivity contribution in [2.45, 2.75) is 84.2 Å². The first kappa shape index (κ1) is 30.0. The van der Waals surface area contributed by atoms with E-state index >= 15 is 0 Å². The highest BCUT2D eigenvalue weighted by molar-refractivity contribution is 5.90. The summed E-state index contributed by atoms with van der Waals surface area (Å²) < 4.78 is 3.12. The predicted octanol–water partition coefficient (Wildman–Crippen LogP) is 0.679. The number of amides is 3. The minimum absolute atomic E-state index is 0.0479. The Morgan fingerprint density at radius 2 is 1.97 bits per heavy atom. The molecular weight excluding hydrogens is 504 g/mol. The molecule has 3 rings (SSSR count). The van der Waals surface area contributed by atoms with Gasteiger partial charge in [-0.25, -0.2) is 10.9 Å². The molecule has 1 aliphatic rings. The largest absolute Gasteiger partial charge is 0.543 e. The molecule has 0 saturated carbocycles. The lowest BCUT2D eigenvalue weighted by Gasteiger charge is -2.38. The number of aromatic carboxylic acids is 1. The van der Waals surface area contributed by atoms with Crippen LogP contribution in [-0.4, -0.2) is 51.0 Å². The molecule has 0 aromatic carbocycles. The van der Waals surface area contributed by atoms with Crippen LogP contribution in [-0.2, 0) is 14.4 Å². The summed E-state index contributed by atoms with van der Waals surface area (Å²) in [5.74, 6) is -3.47. The van der Waals surface area contributed by atoms with Crippen LogP contribution in [0.4, 0.5) is 0 Å². The van der Waals surface area contributed by atoms with Gasteiger partial charge in [0.1, 0.15) is 17.4 Å². The van der Waals surface area contributed by atoms with Crippen LogP contribution >= 0.6 is 0 Å². The second-order valence-electron chi connectivity index (χ2n) is 10.2. The van der Waals surface area contributed by atoms with Crippen LogP contribution in [0.25, 0.3) is 0 Å². The van der Waals surface area contributed by atoms with E-state index in [0.717, 1.165) is 19.3 Å². The van der Waals surface area contributed by atoms with Gasteiger partial charge in [-0.15, -0.1) is 4.52 Å². The van der Waals surface area contributed by atoms with Crippen molar-refractivity contribution in [2.24, 2.45) is 11.8 Å². The van der Waals surface area contributed by atoms with Crippen LogP contribution in [0.3, 0.4) is 0 Å². The number of nitrogens with one attached hydrogen (secondary N) is 3. The molecule has 2 aromatic heterocycles. The van der Waals surface area contributed by atoms with E-state index in [-0.39, 0.29) is 29.8 Å². The normalized spacial score (nSPS) is 17.8. The number of carboxylic acid groups (broad SMARTS) is 1. The fourth-order valence-corrected chi connectivity index (χ4v) is 5.11. The second kappa shape index (κ2) is 14.0. The van der Waals surface area contributed by atoms with E-state index in [1.807, 2.05) is 20.8 Å². The number of carbonyl (C=O) groups is 4. The molecule has 1 fully saturated rings. The van der Waals surface area contributed by atoms with Gasteiger partial charge in [-0.1, -0.05) is 51.0 Å². The molecular formula is C27H40N6O6. The number of hydrazine groups is 1. The first-order valence-corrected chi connectivity index (χ1v) is 13.8. The zero-order valence-electron chi connectivity index (χ0n) is 22.9. The molecule has 12 nitrogen and oxygen atoms in total. The van der Waals surface area contributed by atoms with Crippen molar-refractivity contribution in [1.82, 2.24) is 25.7 Å². The average Bonchev–Trinajstić information content (AvgIpc) is 3.38. The molecule has 2 aromatic rings. The molecule has 3 amide bonds. The third-order valence-electron chi connectivity index (χ3n) is 7.48. The quantitative estimate of drug-likeness (QED) is 0.125. The Labute approximate surface area is 228 Å². The number of nitrogens with zero attached hydrogens (tertiary/aromatic N) is 3. The number of hydrogen-bond donors (Lipinski definition) is 4. The van der Waals surface area contributed by atoms with Crippen LogP contribution in [0.1, 0.15) is 94.4 Å². The molecule has 0 aliphatic carbocycles. The van der Waals surface area contributed by atoms with Crippen LogP contribution in [0.2, 0.25) is 0 Å². The molecule has 3 heterocycles. The minimum atomic E-state index is -1.34. The zero-order valence-corrected chi connectivity index (χ0v) is 22.9. The smallest absolute Gasteiger partial charge is 0.244 e. The van der Waals surface area contributed by atoms with Crippen molar-refractivity contribution in [1.29, 1.82) is 0 Å². The van der Waals surface area contributed by atoms with Gasteiger partial charge >= 0.3 is 0 Å². The van der Waals surface area contributed by atoms with Gasteiger partial charge in [0, 0.05) is 31.0 Å². The lowest BCUT2D eigenvalue weighted by atomic mass is 9.93. The Morgan fingerprint density at radius 1 is 1.21 bits per heavy atom. The summed E-state index contributed by atoms with van der Waals surface area (Å²) in [6, 6.07) is 3.46. The maximum Gasteiger partial charge on any atom is 0.244 e. The third-order valence-corrected chi connectivity index (χ3v) is 7.48. The van der Waals surface area contributed by atoms with Crippen LogP contribution < -0.4 is 25.8 Å². The van der Waals surface area contributed by atoms with Gasteiger partial charge in [0.25, 0.3) is 0 Å². The van der Waals surface area contributed by atoms with Gasteiger partial charge in [0.05, 0.1) is 12.0 Å². The number of carbonyl (C=O) groups excluding carboxylic acids is 4. The Hall–Kier alpha value is -3.51. The predicted molar refractivity (Wildman–Crippen MR) is 138 cm³/mol. The van der Waals surface area contributed by atoms with Crippen molar-refractivity contribution in [2.75, 3.05) is 6.54 Å². The van der Waals surface area contributed by atoms with Gasteiger partial charge in [0.15, 0.2) is 0 Å². The highest BCUT2D eigenvalue weighted by Gasteiger charge is 2.38. The van der Waals surface area contributed by atoms with Crippen molar-refractivity contribution in [3.05, 3.63) is 42.0 Å². The molecule has 0 bridgehead atoms. The first-order valence-electron chi connectivity index (χ1n) is 13.8. The average molecular weight is 545 g/mol. The van der Waals surface area contributed by atoms with Crippen molar-refractivity contribution in [3.63, 3.8) is 0 Å². The van der Waals surface area contributed by atoms with Gasteiger partial charge in [0.2, 0.25) is 30.1 Å². The molecule has 39 heavy (non-hydrogen) atoms. The van der Waals surface area contributed by atoms with Gasteiger partial charge in [-0.05, 0) is 31.2 Å². The molecule has 4 unspecified atom stereocenters. The highest BCUT2D eigenvalue weighted by atomic mass is 16.5. The Bertz CT molecular complexity index is 1170. The van der Waals surface area contributed by atoms with E-state index in [2.05, 4.69) is 10.7 Å². The number of unbranched alkanes of at least 4 members (excludes halogenated alkanes) is 2. The number of aromatic nitrogens is 2. The molecule has 4 atom stereocenters. The third kappa shape index (κ3) is 7.12. The molecule has 1 saturated heterocycles. The van der Waals surface area contributed by atoms with Gasteiger partial charge in [-0.2, -0.15) is 0 Å². The SMILES string of the molecule is CCCCCC(CC(=O)NO)C(=O)N1NCCCC1C(=O)NC(c1cc[n+]2cccc(C(=O)[O-])n12)C(C)CC. The van der Waals surface area contributed by atoms with Crippen LogP contribution in [0.5, 0.6) is 0 Å². The highest BCUT2D eigenvalue weighted by Crippen LogP contribution is 2.26. The summed E-state index contributed by atoms with van der Waals surface area (Å²) in [5.41, 5.74) is 5.19. The van der Waals surface area contributed by atoms with Crippen molar-refractivity contribution < 1.29 is 34.0 Å². The van der Waals surface area contributed by atoms with E-state index < -0.39 is 29.9 Å². The van der Waals surface area contributed by atoms with E-state index in [4.69, 9.17) is 5.21 Å². The summed E-state index contributed by atoms with van der Waals surface area (Å²) in [6.07, 6.45) is 8.10. The topological polar surface area (TPSA) is 159 Å². The Morgan fingerprint density at radius 3 is 2.64 bits per heavy atom. The van der Waals surface area contributed by atoms with Crippen LogP contribution in [0, 0.1) is 11.8 Å². The summed E-state index contributed by atoms with van der Waals surface area (Å²) >= 11 is 0. The molecule has 4 N–H and O–H groups in total. The minimum Gasteiger partial charge on any atom is -0.543 e. The number of hydroxylamine groups is 1. The van der Waals surface area contributed by atoms with Crippen LogP contribution in [0.15, 0.2) is 30.6 Å². The second-order valence-corrected chi connectivity index (χ2v) is 10.2. The lowest BCUT2D eigenvalue weighted by molar-refractivity contribution is -0.619. The summed E-state index contributed by atoms with van der Waals surface area (Å²) in [4.78, 5) is 51.1. The first-order chi connectivity index (χ1) is 18.7. The molecule has 0 radical (unpaired) electrons. The maximum absolute atomic E-state index is 13.7. The van der Waals surface area contributed by atoms with E-state index in [0.29, 0.717) is 37.9 Å². The standard InChI is InChI=1S/C27H40N6O6/c1-4-6-7-10-19(17-23(34)30-39)26(36)32-21(11-8-14-28-32)25(35)29-24(18(3)5-2)20-13-16-31-15-9-12-22(27(37)38)33(20)31/h9,12-13,15-16,18-19,21,24,28H,4-8,10-11,14,17H2,1-3H3,(H3-,29,30,34,35,37,38,39). The van der Waals surface area contributed by atoms with Gasteiger partial charge in [-0.3, -0.25) is 24.6 Å². The number of carboxylic acids is 1. The Balaban J connectivity index is 1.89. The molecule has 0 spiro atoms. The molecule has 214 valence electrons. The number of fused-ring (bicyclic) bond motifs is 1. The van der Waals surface area contributed by atoms with Crippen molar-refractivity contribution in [3.8, 4) is 0 Å². The number of hydrogen-bond acceptors (Lipinski definition) is 7. The Kier molecular flexibility index (Phi) is 10.8.